The Morgan fingerprint density at radius 2 is 1.76 bits per heavy atom. The molecule has 0 spiro atoms. The predicted octanol–water partition coefficient (Wildman–Crippen LogP) is 5.98. The van der Waals surface area contributed by atoms with E-state index in [4.69, 9.17) is 9.82 Å². The molecule has 0 radical (unpaired) electrons. The minimum Gasteiger partial charge on any atom is -0.399 e. The zero-order chi connectivity index (χ0) is 19.8. The average molecular weight is 380 g/mol. The minimum absolute atomic E-state index is 0.819. The second-order valence-electron chi connectivity index (χ2n) is 6.96. The van der Waals surface area contributed by atoms with Crippen LogP contribution in [0.25, 0.3) is 32.7 Å². The third-order valence-electron chi connectivity index (χ3n) is 5.12. The van der Waals surface area contributed by atoms with Gasteiger partial charge >= 0.3 is 0 Å². The molecule has 5 heteroatoms. The molecule has 0 bridgehead atoms. The number of fused-ring (bicyclic) bond motifs is 5. The van der Waals surface area contributed by atoms with E-state index >= 15 is 0 Å². The Bertz CT molecular complexity index is 1380. The van der Waals surface area contributed by atoms with Gasteiger partial charge in [-0.05, 0) is 31.2 Å². The molecule has 0 aliphatic heterocycles. The number of para-hydroxylation sites is 2. The Morgan fingerprint density at radius 3 is 2.62 bits per heavy atom. The van der Waals surface area contributed by atoms with Crippen molar-refractivity contribution in [2.75, 3.05) is 12.4 Å². The van der Waals surface area contributed by atoms with Crippen LogP contribution >= 0.6 is 0 Å². The van der Waals surface area contributed by atoms with Gasteiger partial charge in [0.15, 0.2) is 0 Å². The van der Waals surface area contributed by atoms with Gasteiger partial charge in [0.25, 0.3) is 0 Å². The largest absolute Gasteiger partial charge is 0.399 e. The molecule has 5 aromatic rings. The van der Waals surface area contributed by atoms with Crippen molar-refractivity contribution >= 4 is 49.9 Å². The van der Waals surface area contributed by atoms with Gasteiger partial charge < -0.3 is 15.1 Å². The number of anilines is 2. The topological polar surface area (TPSA) is 62.3 Å². The third-order valence-corrected chi connectivity index (χ3v) is 5.12. The molecule has 29 heavy (non-hydrogen) atoms. The van der Waals surface area contributed by atoms with E-state index in [1.807, 2.05) is 49.4 Å². The summed E-state index contributed by atoms with van der Waals surface area (Å²) in [6, 6.07) is 24.6. The summed E-state index contributed by atoms with van der Waals surface area (Å²) in [5.41, 5.74) is 5.89. The molecular weight excluding hydrogens is 360 g/mol. The molecular formula is C24H20N4O. The van der Waals surface area contributed by atoms with Gasteiger partial charge in [-0.3, -0.25) is 0 Å². The first-order chi connectivity index (χ1) is 14.2. The fourth-order valence-electron chi connectivity index (χ4n) is 3.79. The number of pyridine rings is 1. The molecule has 0 unspecified atom stereocenters. The first-order valence-electron chi connectivity index (χ1n) is 9.49. The van der Waals surface area contributed by atoms with Gasteiger partial charge in [-0.25, -0.2) is 4.98 Å². The van der Waals surface area contributed by atoms with Crippen molar-refractivity contribution in [1.82, 2.24) is 9.97 Å². The summed E-state index contributed by atoms with van der Waals surface area (Å²) in [4.78, 5) is 13.4. The number of nitrogens with one attached hydrogen (secondary N) is 2. The van der Waals surface area contributed by atoms with E-state index in [0.717, 1.165) is 55.5 Å². The predicted molar refractivity (Wildman–Crippen MR) is 120 cm³/mol. The number of benzene rings is 3. The van der Waals surface area contributed by atoms with Gasteiger partial charge in [-0.1, -0.05) is 53.7 Å². The van der Waals surface area contributed by atoms with Crippen LogP contribution in [0.4, 0.5) is 11.5 Å². The number of oxime groups is 1. The second-order valence-corrected chi connectivity index (χ2v) is 6.96. The Morgan fingerprint density at radius 1 is 0.966 bits per heavy atom. The molecule has 142 valence electrons. The van der Waals surface area contributed by atoms with Gasteiger partial charge in [-0.15, -0.1) is 0 Å². The summed E-state index contributed by atoms with van der Waals surface area (Å²) in [5.74, 6) is 0.828. The highest BCUT2D eigenvalue weighted by atomic mass is 16.6. The van der Waals surface area contributed by atoms with E-state index in [2.05, 4.69) is 45.8 Å². The lowest BCUT2D eigenvalue weighted by Gasteiger charge is -2.11. The van der Waals surface area contributed by atoms with Crippen LogP contribution < -0.4 is 5.32 Å². The first-order valence-corrected chi connectivity index (χ1v) is 9.49. The highest BCUT2D eigenvalue weighted by molar-refractivity contribution is 6.20. The molecule has 3 aromatic carbocycles. The molecule has 0 saturated carbocycles. The standard InChI is InChI=1S/C24H20N4O/c1-15(28-29-2)16-8-7-9-17(14-16)25-24-22-18-10-3-5-12-20(18)26-23(22)19-11-4-6-13-21(19)27-24/h3-14,26H,1-2H3,(H,25,27)/b28-15-. The SMILES string of the molecule is CO/N=C(/C)c1cccc(Nc2nc3ccccc3c3[nH]c4ccccc4c23)c1. The average Bonchev–Trinajstić information content (AvgIpc) is 3.14. The van der Waals surface area contributed by atoms with E-state index < -0.39 is 0 Å². The monoisotopic (exact) mass is 380 g/mol. The van der Waals surface area contributed by atoms with Crippen molar-refractivity contribution < 1.29 is 4.84 Å². The van der Waals surface area contributed by atoms with Crippen LogP contribution in [0, 0.1) is 0 Å². The van der Waals surface area contributed by atoms with Crippen LogP contribution in [-0.2, 0) is 4.84 Å². The Labute approximate surface area is 168 Å². The summed E-state index contributed by atoms with van der Waals surface area (Å²) in [6.45, 7) is 1.93. The van der Waals surface area contributed by atoms with E-state index in [9.17, 15) is 0 Å². The summed E-state index contributed by atoms with van der Waals surface area (Å²) in [7, 11) is 1.55. The fraction of sp³-hybridized carbons (Fsp3) is 0.0833. The molecule has 2 aromatic heterocycles. The number of rotatable bonds is 4. The van der Waals surface area contributed by atoms with Crippen LogP contribution in [0.15, 0.2) is 78.0 Å². The Hall–Kier alpha value is -3.86. The highest BCUT2D eigenvalue weighted by Crippen LogP contribution is 2.36. The number of H-pyrrole nitrogens is 1. The zero-order valence-corrected chi connectivity index (χ0v) is 16.2. The van der Waals surface area contributed by atoms with Crippen molar-refractivity contribution in [2.24, 2.45) is 5.16 Å². The maximum Gasteiger partial charge on any atom is 0.141 e. The van der Waals surface area contributed by atoms with Gasteiger partial charge in [0, 0.05) is 27.5 Å². The normalized spacial score (nSPS) is 12.0. The van der Waals surface area contributed by atoms with Crippen molar-refractivity contribution in [3.63, 3.8) is 0 Å². The molecule has 0 aliphatic carbocycles. The lowest BCUT2D eigenvalue weighted by molar-refractivity contribution is 0.213. The third kappa shape index (κ3) is 2.97. The van der Waals surface area contributed by atoms with Gasteiger partial charge in [0.2, 0.25) is 0 Å². The van der Waals surface area contributed by atoms with E-state index in [0.29, 0.717) is 0 Å². The Kier molecular flexibility index (Phi) is 4.13. The van der Waals surface area contributed by atoms with Crippen LogP contribution in [0.5, 0.6) is 0 Å². The van der Waals surface area contributed by atoms with E-state index in [-0.39, 0.29) is 0 Å². The van der Waals surface area contributed by atoms with E-state index in [1.165, 1.54) is 0 Å². The van der Waals surface area contributed by atoms with Crippen molar-refractivity contribution in [1.29, 1.82) is 0 Å². The molecule has 5 rings (SSSR count). The van der Waals surface area contributed by atoms with Gasteiger partial charge in [0.1, 0.15) is 12.9 Å². The first kappa shape index (κ1) is 17.3. The van der Waals surface area contributed by atoms with Crippen molar-refractivity contribution in [3.05, 3.63) is 78.4 Å². The summed E-state index contributed by atoms with van der Waals surface area (Å²) < 4.78 is 0. The van der Waals surface area contributed by atoms with Crippen LogP contribution in [0.3, 0.4) is 0 Å². The van der Waals surface area contributed by atoms with Crippen LogP contribution in [0.2, 0.25) is 0 Å². The van der Waals surface area contributed by atoms with Crippen LogP contribution in [0.1, 0.15) is 12.5 Å². The summed E-state index contributed by atoms with van der Waals surface area (Å²) in [6.07, 6.45) is 0. The summed E-state index contributed by atoms with van der Waals surface area (Å²) >= 11 is 0. The van der Waals surface area contributed by atoms with Crippen molar-refractivity contribution in [3.8, 4) is 0 Å². The minimum atomic E-state index is 0.819. The molecule has 0 fully saturated rings. The molecule has 0 amide bonds. The molecule has 0 aliphatic rings. The number of hydrogen-bond donors (Lipinski definition) is 2. The molecule has 0 saturated heterocycles. The number of aromatic amines is 1. The second kappa shape index (κ2) is 6.95. The van der Waals surface area contributed by atoms with E-state index in [1.54, 1.807) is 7.11 Å². The fourth-order valence-corrected chi connectivity index (χ4v) is 3.79. The van der Waals surface area contributed by atoms with Crippen molar-refractivity contribution in [2.45, 2.75) is 6.92 Å². The lowest BCUT2D eigenvalue weighted by Crippen LogP contribution is -1.99. The molecule has 2 N–H and O–H groups in total. The number of aromatic nitrogens is 2. The maximum atomic E-state index is 4.95. The van der Waals surface area contributed by atoms with Crippen LogP contribution in [-0.4, -0.2) is 22.8 Å². The smallest absolute Gasteiger partial charge is 0.141 e. The molecule has 5 nitrogen and oxygen atoms in total. The highest BCUT2D eigenvalue weighted by Gasteiger charge is 2.14. The lowest BCUT2D eigenvalue weighted by atomic mass is 10.1. The summed E-state index contributed by atoms with van der Waals surface area (Å²) in [5, 5.41) is 10.9. The molecule has 0 atom stereocenters. The Balaban J connectivity index is 1.72. The number of hydrogen-bond acceptors (Lipinski definition) is 4. The quantitative estimate of drug-likeness (QED) is 0.298. The van der Waals surface area contributed by atoms with Gasteiger partial charge in [-0.2, -0.15) is 0 Å². The molecule has 2 heterocycles. The van der Waals surface area contributed by atoms with Gasteiger partial charge in [0.05, 0.1) is 22.1 Å². The zero-order valence-electron chi connectivity index (χ0n) is 16.2. The number of nitrogens with zero attached hydrogens (tertiary/aromatic N) is 2. The maximum absolute atomic E-state index is 4.95.